The van der Waals surface area contributed by atoms with Crippen molar-refractivity contribution in [2.45, 2.75) is 44.9 Å². The van der Waals surface area contributed by atoms with Crippen LogP contribution in [0.4, 0.5) is 16.3 Å². The smallest absolute Gasteiger partial charge is 0.410 e. The number of hydrogen-bond acceptors (Lipinski definition) is 7. The van der Waals surface area contributed by atoms with Gasteiger partial charge >= 0.3 is 6.09 Å². The van der Waals surface area contributed by atoms with Crippen molar-refractivity contribution in [3.8, 4) is 11.3 Å². The SMILES string of the molecule is C=Nc1nc(C(=N)NC(=O)O)nc(-c2cccc(Cl)c2)c1N(CC1CCCCC1)CN1CCCC1. The standard InChI is InChI=1S/C25H32ClN7O2/c1-28-23-21(33(16-32-12-5-6-13-32)15-17-8-3-2-4-9-17)20(18-10-7-11-19(26)14-18)29-24(31-23)22(27)30-25(34)35/h7,10-11,14,17H,1-6,8-9,12-13,15-16H2,(H2,27,30)(H,34,35). The predicted molar refractivity (Wildman–Crippen MR) is 139 cm³/mol. The number of hydrogen-bond donors (Lipinski definition) is 3. The van der Waals surface area contributed by atoms with Crippen molar-refractivity contribution in [3.05, 3.63) is 35.1 Å². The summed E-state index contributed by atoms with van der Waals surface area (Å²) in [6, 6.07) is 7.35. The average molecular weight is 498 g/mol. The highest BCUT2D eigenvalue weighted by Gasteiger charge is 2.28. The van der Waals surface area contributed by atoms with Gasteiger partial charge in [0.15, 0.2) is 17.5 Å². The van der Waals surface area contributed by atoms with Crippen LogP contribution in [-0.2, 0) is 0 Å². The topological polar surface area (TPSA) is 118 Å². The van der Waals surface area contributed by atoms with E-state index in [1.165, 1.54) is 44.9 Å². The molecule has 2 fully saturated rings. The molecule has 2 heterocycles. The first-order valence-electron chi connectivity index (χ1n) is 12.2. The Morgan fingerprint density at radius 1 is 1.23 bits per heavy atom. The van der Waals surface area contributed by atoms with Crippen LogP contribution in [0.5, 0.6) is 0 Å². The Bertz CT molecular complexity index is 1080. The van der Waals surface area contributed by atoms with E-state index in [4.69, 9.17) is 22.1 Å². The maximum absolute atomic E-state index is 11.2. The van der Waals surface area contributed by atoms with Crippen LogP contribution in [0.15, 0.2) is 29.3 Å². The van der Waals surface area contributed by atoms with Crippen LogP contribution in [-0.4, -0.2) is 64.9 Å². The minimum absolute atomic E-state index is 0.0627. The molecule has 10 heteroatoms. The number of halogens is 1. The molecule has 1 saturated carbocycles. The number of carbonyl (C=O) groups is 1. The third kappa shape index (κ3) is 6.35. The molecule has 0 unspecified atom stereocenters. The zero-order chi connectivity index (χ0) is 24.8. The number of aliphatic imine (C=N–C) groups is 1. The summed E-state index contributed by atoms with van der Waals surface area (Å²) in [4.78, 5) is 29.2. The maximum atomic E-state index is 11.2. The minimum Gasteiger partial charge on any atom is -0.465 e. The van der Waals surface area contributed by atoms with Gasteiger partial charge in [-0.3, -0.25) is 15.6 Å². The van der Waals surface area contributed by atoms with Crippen molar-refractivity contribution in [1.82, 2.24) is 20.2 Å². The second-order valence-corrected chi connectivity index (χ2v) is 9.67. The van der Waals surface area contributed by atoms with E-state index in [0.29, 0.717) is 22.5 Å². The summed E-state index contributed by atoms with van der Waals surface area (Å²) < 4.78 is 0. The maximum Gasteiger partial charge on any atom is 0.410 e. The van der Waals surface area contributed by atoms with E-state index in [0.717, 1.165) is 37.6 Å². The Balaban J connectivity index is 1.83. The Morgan fingerprint density at radius 2 is 1.97 bits per heavy atom. The van der Waals surface area contributed by atoms with Crippen molar-refractivity contribution in [3.63, 3.8) is 0 Å². The third-order valence-corrected chi connectivity index (χ3v) is 6.89. The molecule has 35 heavy (non-hydrogen) atoms. The molecule has 4 rings (SSSR count). The van der Waals surface area contributed by atoms with Crippen molar-refractivity contribution >= 4 is 41.8 Å². The lowest BCUT2D eigenvalue weighted by Crippen LogP contribution is -2.40. The summed E-state index contributed by atoms with van der Waals surface area (Å²) in [5.41, 5.74) is 2.05. The molecule has 0 radical (unpaired) electrons. The van der Waals surface area contributed by atoms with Crippen LogP contribution in [0.3, 0.4) is 0 Å². The van der Waals surface area contributed by atoms with E-state index in [2.05, 4.69) is 31.5 Å². The summed E-state index contributed by atoms with van der Waals surface area (Å²) in [7, 11) is 0. The minimum atomic E-state index is -1.35. The van der Waals surface area contributed by atoms with Crippen LogP contribution >= 0.6 is 11.6 Å². The van der Waals surface area contributed by atoms with E-state index >= 15 is 0 Å². The lowest BCUT2D eigenvalue weighted by molar-refractivity contribution is 0.200. The molecular weight excluding hydrogens is 466 g/mol. The Morgan fingerprint density at radius 3 is 2.63 bits per heavy atom. The van der Waals surface area contributed by atoms with Gasteiger partial charge in [0.25, 0.3) is 0 Å². The summed E-state index contributed by atoms with van der Waals surface area (Å²) >= 11 is 6.33. The quantitative estimate of drug-likeness (QED) is 0.342. The second kappa shape index (κ2) is 11.6. The van der Waals surface area contributed by atoms with Crippen LogP contribution < -0.4 is 10.2 Å². The molecule has 1 amide bonds. The molecule has 1 aliphatic carbocycles. The molecule has 1 aliphatic heterocycles. The van der Waals surface area contributed by atoms with Gasteiger partial charge in [0.2, 0.25) is 0 Å². The fraction of sp³-hybridized carbons (Fsp3) is 0.480. The van der Waals surface area contributed by atoms with Gasteiger partial charge in [0.05, 0.1) is 6.67 Å². The number of amidine groups is 1. The van der Waals surface area contributed by atoms with Gasteiger partial charge in [-0.2, -0.15) is 0 Å². The lowest BCUT2D eigenvalue weighted by Gasteiger charge is -2.35. The molecule has 2 aliphatic rings. The van der Waals surface area contributed by atoms with Gasteiger partial charge < -0.3 is 10.0 Å². The summed E-state index contributed by atoms with van der Waals surface area (Å²) in [5, 5.41) is 19.9. The molecule has 2 aromatic rings. The zero-order valence-electron chi connectivity index (χ0n) is 19.8. The van der Waals surface area contributed by atoms with Gasteiger partial charge in [-0.05, 0) is 63.5 Å². The highest BCUT2D eigenvalue weighted by molar-refractivity contribution is 6.30. The molecule has 9 nitrogen and oxygen atoms in total. The summed E-state index contributed by atoms with van der Waals surface area (Å²) in [6.45, 7) is 7.40. The molecule has 1 aromatic carbocycles. The monoisotopic (exact) mass is 497 g/mol. The van der Waals surface area contributed by atoms with Crippen molar-refractivity contribution in [2.75, 3.05) is 31.2 Å². The van der Waals surface area contributed by atoms with Gasteiger partial charge in [-0.25, -0.2) is 19.8 Å². The number of nitrogens with one attached hydrogen (secondary N) is 2. The number of anilines is 1. The number of benzene rings is 1. The van der Waals surface area contributed by atoms with Crippen molar-refractivity contribution in [1.29, 1.82) is 5.41 Å². The number of carboxylic acid groups (broad SMARTS) is 1. The fourth-order valence-corrected chi connectivity index (χ4v) is 5.21. The first-order chi connectivity index (χ1) is 16.9. The second-order valence-electron chi connectivity index (χ2n) is 9.23. The van der Waals surface area contributed by atoms with E-state index in [9.17, 15) is 4.79 Å². The molecule has 0 bridgehead atoms. The van der Waals surface area contributed by atoms with E-state index in [-0.39, 0.29) is 5.82 Å². The highest BCUT2D eigenvalue weighted by atomic mass is 35.5. The summed E-state index contributed by atoms with van der Waals surface area (Å²) in [6.07, 6.45) is 7.14. The van der Waals surface area contributed by atoms with E-state index in [1.807, 2.05) is 23.5 Å². The number of amides is 1. The van der Waals surface area contributed by atoms with E-state index < -0.39 is 11.9 Å². The largest absolute Gasteiger partial charge is 0.465 e. The lowest BCUT2D eigenvalue weighted by atomic mass is 9.89. The zero-order valence-corrected chi connectivity index (χ0v) is 20.6. The van der Waals surface area contributed by atoms with Crippen LogP contribution in [0, 0.1) is 11.3 Å². The van der Waals surface area contributed by atoms with Gasteiger partial charge in [-0.1, -0.05) is 43.0 Å². The number of likely N-dealkylation sites (tertiary alicyclic amines) is 1. The van der Waals surface area contributed by atoms with Gasteiger partial charge in [-0.15, -0.1) is 0 Å². The molecule has 1 aromatic heterocycles. The van der Waals surface area contributed by atoms with Gasteiger partial charge in [0, 0.05) is 17.1 Å². The number of nitrogens with zero attached hydrogens (tertiary/aromatic N) is 5. The molecule has 3 N–H and O–H groups in total. The molecule has 1 saturated heterocycles. The fourth-order valence-electron chi connectivity index (χ4n) is 5.02. The number of rotatable bonds is 8. The third-order valence-electron chi connectivity index (χ3n) is 6.66. The van der Waals surface area contributed by atoms with Crippen molar-refractivity contribution < 1.29 is 9.90 Å². The first kappa shape index (κ1) is 25.1. The Hall–Kier alpha value is -3.04. The van der Waals surface area contributed by atoms with Crippen molar-refractivity contribution in [2.24, 2.45) is 10.9 Å². The average Bonchev–Trinajstić information content (AvgIpc) is 3.36. The first-order valence-corrected chi connectivity index (χ1v) is 12.5. The molecular formula is C25H32ClN7O2. The van der Waals surface area contributed by atoms with Crippen LogP contribution in [0.25, 0.3) is 11.3 Å². The molecule has 0 spiro atoms. The van der Waals surface area contributed by atoms with E-state index in [1.54, 1.807) is 6.07 Å². The Labute approximate surface area is 210 Å². The molecule has 186 valence electrons. The van der Waals surface area contributed by atoms with Crippen LogP contribution in [0.1, 0.15) is 50.8 Å². The predicted octanol–water partition coefficient (Wildman–Crippen LogP) is 5.16. The summed E-state index contributed by atoms with van der Waals surface area (Å²) in [5.74, 6) is 0.405. The van der Waals surface area contributed by atoms with Crippen LogP contribution in [0.2, 0.25) is 5.02 Å². The normalized spacial score (nSPS) is 16.7. The van der Waals surface area contributed by atoms with Gasteiger partial charge in [0.1, 0.15) is 11.4 Å². The number of aromatic nitrogens is 2. The molecule has 0 atom stereocenters. The Kier molecular flexibility index (Phi) is 8.30. The highest BCUT2D eigenvalue weighted by Crippen LogP contribution is 2.39.